The number of H-pyrrole nitrogens is 2. The second-order valence-electron chi connectivity index (χ2n) is 5.01. The lowest BCUT2D eigenvalue weighted by molar-refractivity contribution is 0.0164. The van der Waals surface area contributed by atoms with Crippen LogP contribution in [0.2, 0.25) is 0 Å². The molecular weight excluding hydrogens is 252 g/mol. The number of fused-ring (bicyclic) bond motifs is 1. The molecule has 3 rings (SSSR count). The molecule has 0 spiro atoms. The number of aromatic nitrogens is 2. The fourth-order valence-corrected chi connectivity index (χ4v) is 2.87. The van der Waals surface area contributed by atoms with E-state index in [-0.39, 0.29) is 16.7 Å². The van der Waals surface area contributed by atoms with Crippen LogP contribution in [-0.2, 0) is 4.74 Å². The minimum absolute atomic E-state index is 0.198. The first kappa shape index (κ1) is 11.8. The Balaban J connectivity index is 2.00. The quantitative estimate of drug-likeness (QED) is 0.821. The Kier molecular flexibility index (Phi) is 2.72. The average Bonchev–Trinajstić information content (AvgIpc) is 2.93. The Morgan fingerprint density at radius 3 is 2.89 bits per heavy atom. The van der Waals surface area contributed by atoms with E-state index in [1.807, 2.05) is 25.1 Å². The van der Waals surface area contributed by atoms with Crippen LogP contribution in [0.15, 0.2) is 23.0 Å². The van der Waals surface area contributed by atoms with Crippen LogP contribution in [-0.4, -0.2) is 22.2 Å². The van der Waals surface area contributed by atoms with Gasteiger partial charge >= 0.3 is 5.69 Å². The third kappa shape index (κ3) is 1.85. The number of hydrogen-bond acceptors (Lipinski definition) is 2. The van der Waals surface area contributed by atoms with Crippen LogP contribution in [0.3, 0.4) is 0 Å². The maximum absolute atomic E-state index is 11.2. The van der Waals surface area contributed by atoms with Crippen LogP contribution >= 0.6 is 11.6 Å². The van der Waals surface area contributed by atoms with Gasteiger partial charge in [0.1, 0.15) is 0 Å². The fourth-order valence-electron chi connectivity index (χ4n) is 2.56. The molecular formula is C13H15ClN2O2. The molecule has 0 amide bonds. The van der Waals surface area contributed by atoms with Crippen molar-refractivity contribution in [1.29, 1.82) is 0 Å². The minimum atomic E-state index is -0.314. The Morgan fingerprint density at radius 1 is 1.39 bits per heavy atom. The highest BCUT2D eigenvalue weighted by molar-refractivity contribution is 6.21. The molecule has 2 unspecified atom stereocenters. The van der Waals surface area contributed by atoms with E-state index in [4.69, 9.17) is 16.3 Å². The lowest BCUT2D eigenvalue weighted by Gasteiger charge is -2.29. The molecule has 1 aliphatic heterocycles. The third-order valence-corrected chi connectivity index (χ3v) is 4.33. The third-order valence-electron chi connectivity index (χ3n) is 3.62. The molecule has 1 aromatic carbocycles. The average molecular weight is 267 g/mol. The van der Waals surface area contributed by atoms with Gasteiger partial charge in [-0.1, -0.05) is 6.07 Å². The van der Waals surface area contributed by atoms with E-state index in [0.717, 1.165) is 36.0 Å². The maximum Gasteiger partial charge on any atom is 0.323 e. The van der Waals surface area contributed by atoms with E-state index < -0.39 is 0 Å². The summed E-state index contributed by atoms with van der Waals surface area (Å²) in [6, 6.07) is 5.73. The van der Waals surface area contributed by atoms with Gasteiger partial charge in [0.15, 0.2) is 0 Å². The van der Waals surface area contributed by atoms with E-state index in [2.05, 4.69) is 9.97 Å². The lowest BCUT2D eigenvalue weighted by atomic mass is 9.93. The van der Waals surface area contributed by atoms with Gasteiger partial charge in [-0.25, -0.2) is 4.79 Å². The highest BCUT2D eigenvalue weighted by atomic mass is 35.5. The first-order valence-corrected chi connectivity index (χ1v) is 6.52. The molecule has 2 aromatic rings. The molecule has 1 aromatic heterocycles. The summed E-state index contributed by atoms with van der Waals surface area (Å²) in [7, 11) is 0. The predicted molar refractivity (Wildman–Crippen MR) is 71.1 cm³/mol. The van der Waals surface area contributed by atoms with E-state index in [0.29, 0.717) is 0 Å². The minimum Gasteiger partial charge on any atom is -0.373 e. The van der Waals surface area contributed by atoms with Gasteiger partial charge in [-0.15, -0.1) is 11.6 Å². The molecule has 1 fully saturated rings. The highest BCUT2D eigenvalue weighted by Crippen LogP contribution is 2.41. The monoisotopic (exact) mass is 266 g/mol. The molecule has 96 valence electrons. The largest absolute Gasteiger partial charge is 0.373 e. The van der Waals surface area contributed by atoms with Crippen molar-refractivity contribution in [2.45, 2.75) is 30.7 Å². The predicted octanol–water partition coefficient (Wildman–Crippen LogP) is 2.71. The topological polar surface area (TPSA) is 57.9 Å². The van der Waals surface area contributed by atoms with Gasteiger partial charge in [-0.2, -0.15) is 0 Å². The zero-order chi connectivity index (χ0) is 12.8. The molecule has 5 heteroatoms. The zero-order valence-electron chi connectivity index (χ0n) is 10.1. The van der Waals surface area contributed by atoms with Crippen molar-refractivity contribution in [3.05, 3.63) is 34.2 Å². The van der Waals surface area contributed by atoms with E-state index in [9.17, 15) is 4.79 Å². The van der Waals surface area contributed by atoms with Crippen LogP contribution in [0, 0.1) is 0 Å². The molecule has 4 nitrogen and oxygen atoms in total. The molecule has 1 aliphatic rings. The maximum atomic E-state index is 11.2. The number of nitrogens with one attached hydrogen (secondary N) is 2. The summed E-state index contributed by atoms with van der Waals surface area (Å²) in [6.45, 7) is 2.81. The van der Waals surface area contributed by atoms with Crippen LogP contribution in [0.4, 0.5) is 0 Å². The van der Waals surface area contributed by atoms with E-state index in [1.54, 1.807) is 0 Å². The molecule has 2 atom stereocenters. The van der Waals surface area contributed by atoms with E-state index in [1.165, 1.54) is 0 Å². The van der Waals surface area contributed by atoms with Gasteiger partial charge in [0.05, 0.1) is 22.0 Å². The van der Waals surface area contributed by atoms with Gasteiger partial charge < -0.3 is 14.7 Å². The van der Waals surface area contributed by atoms with Crippen LogP contribution in [0.1, 0.15) is 30.7 Å². The molecule has 0 saturated carbocycles. The number of imidazole rings is 1. The van der Waals surface area contributed by atoms with Gasteiger partial charge in [0, 0.05) is 6.61 Å². The number of aromatic amines is 2. The van der Waals surface area contributed by atoms with Gasteiger partial charge in [0.25, 0.3) is 0 Å². The van der Waals surface area contributed by atoms with Crippen molar-refractivity contribution < 1.29 is 4.74 Å². The number of benzene rings is 1. The highest BCUT2D eigenvalue weighted by Gasteiger charge is 2.38. The van der Waals surface area contributed by atoms with Crippen molar-refractivity contribution in [2.24, 2.45) is 0 Å². The second kappa shape index (κ2) is 4.14. The standard InChI is InChI=1S/C13H15ClN2O2/c1-13(5-2-6-18-13)11(14)8-3-4-9-10(7-8)16-12(17)15-9/h3-4,7,11H,2,5-6H2,1H3,(H2,15,16,17). The molecule has 0 aliphatic carbocycles. The molecule has 0 bridgehead atoms. The molecule has 1 saturated heterocycles. The zero-order valence-corrected chi connectivity index (χ0v) is 10.9. The molecule has 2 N–H and O–H groups in total. The summed E-state index contributed by atoms with van der Waals surface area (Å²) in [6.07, 6.45) is 2.01. The number of halogens is 1. The van der Waals surface area contributed by atoms with Crippen LogP contribution in [0.5, 0.6) is 0 Å². The molecule has 18 heavy (non-hydrogen) atoms. The second-order valence-corrected chi connectivity index (χ2v) is 5.45. The summed E-state index contributed by atoms with van der Waals surface area (Å²) in [5.74, 6) is 0. The number of ether oxygens (including phenoxy) is 1. The van der Waals surface area contributed by atoms with Gasteiger partial charge in [0.2, 0.25) is 0 Å². The fraction of sp³-hybridized carbons (Fsp3) is 0.462. The smallest absolute Gasteiger partial charge is 0.323 e. The molecule has 0 radical (unpaired) electrons. The normalized spacial score (nSPS) is 25.7. The van der Waals surface area contributed by atoms with Crippen molar-refractivity contribution in [3.63, 3.8) is 0 Å². The lowest BCUT2D eigenvalue weighted by Crippen LogP contribution is -2.28. The van der Waals surface area contributed by atoms with Gasteiger partial charge in [-0.05, 0) is 37.5 Å². The Morgan fingerprint density at radius 2 is 2.17 bits per heavy atom. The number of hydrogen-bond donors (Lipinski definition) is 2. The Bertz CT molecular complexity index is 625. The van der Waals surface area contributed by atoms with Crippen molar-refractivity contribution in [3.8, 4) is 0 Å². The first-order chi connectivity index (χ1) is 8.58. The summed E-state index contributed by atoms with van der Waals surface area (Å²) in [5.41, 5.74) is 2.04. The van der Waals surface area contributed by atoms with Crippen molar-refractivity contribution >= 4 is 22.6 Å². The first-order valence-electron chi connectivity index (χ1n) is 6.08. The summed E-state index contributed by atoms with van der Waals surface area (Å²) in [4.78, 5) is 16.7. The summed E-state index contributed by atoms with van der Waals surface area (Å²) in [5, 5.41) is -0.206. The van der Waals surface area contributed by atoms with E-state index >= 15 is 0 Å². The van der Waals surface area contributed by atoms with Crippen LogP contribution in [0.25, 0.3) is 11.0 Å². The SMILES string of the molecule is CC1(C(Cl)c2ccc3[nH]c(=O)[nH]c3c2)CCCO1. The van der Waals surface area contributed by atoms with Crippen LogP contribution < -0.4 is 5.69 Å². The van der Waals surface area contributed by atoms with Crippen molar-refractivity contribution in [1.82, 2.24) is 9.97 Å². The Hall–Kier alpha value is -1.26. The molecule has 2 heterocycles. The summed E-state index contributed by atoms with van der Waals surface area (Å²) < 4.78 is 5.76. The Labute approximate surface area is 109 Å². The van der Waals surface area contributed by atoms with Gasteiger partial charge in [-0.3, -0.25) is 0 Å². The number of rotatable bonds is 2. The summed E-state index contributed by atoms with van der Waals surface area (Å²) >= 11 is 6.53. The van der Waals surface area contributed by atoms with Crippen molar-refractivity contribution in [2.75, 3.05) is 6.61 Å². The number of alkyl halides is 1.